The molecule has 112 valence electrons. The van der Waals surface area contributed by atoms with Gasteiger partial charge < -0.3 is 15.2 Å². The first-order valence-corrected chi connectivity index (χ1v) is 6.63. The van der Waals surface area contributed by atoms with Crippen molar-refractivity contribution in [3.63, 3.8) is 0 Å². The third-order valence-corrected chi connectivity index (χ3v) is 3.86. The summed E-state index contributed by atoms with van der Waals surface area (Å²) in [6, 6.07) is 11.1. The topological polar surface area (TPSA) is 58.6 Å². The molecular formula is C16H18ClNO3. The molecule has 0 spiro atoms. The first-order chi connectivity index (χ1) is 9.49. The van der Waals surface area contributed by atoms with Crippen LogP contribution in [-0.2, 0) is 4.74 Å². The van der Waals surface area contributed by atoms with Crippen molar-refractivity contribution in [2.75, 3.05) is 6.61 Å². The molecule has 4 nitrogen and oxygen atoms in total. The van der Waals surface area contributed by atoms with Crippen molar-refractivity contribution >= 4 is 29.3 Å². The van der Waals surface area contributed by atoms with Gasteiger partial charge in [-0.3, -0.25) is 0 Å². The van der Waals surface area contributed by atoms with Gasteiger partial charge in [0.2, 0.25) is 0 Å². The first kappa shape index (κ1) is 15.4. The molecule has 0 saturated carbocycles. The number of fused-ring (bicyclic) bond motifs is 1. The van der Waals surface area contributed by atoms with Gasteiger partial charge in [0, 0.05) is 11.0 Å². The number of rotatable bonds is 1. The maximum Gasteiger partial charge on any atom is 0.407 e. The highest BCUT2D eigenvalue weighted by Crippen LogP contribution is 2.43. The molecule has 1 saturated heterocycles. The molecule has 2 aromatic carbocycles. The van der Waals surface area contributed by atoms with Crippen molar-refractivity contribution in [3.8, 4) is 5.75 Å². The Balaban J connectivity index is 0.00000161. The monoisotopic (exact) mass is 307 g/mol. The van der Waals surface area contributed by atoms with Crippen molar-refractivity contribution in [1.29, 1.82) is 0 Å². The number of aromatic hydroxyl groups is 1. The first-order valence-electron chi connectivity index (χ1n) is 6.63. The van der Waals surface area contributed by atoms with E-state index in [0.29, 0.717) is 6.61 Å². The highest BCUT2D eigenvalue weighted by molar-refractivity contribution is 5.89. The van der Waals surface area contributed by atoms with Crippen LogP contribution in [0.2, 0.25) is 0 Å². The lowest BCUT2D eigenvalue weighted by Gasteiger charge is -2.39. The van der Waals surface area contributed by atoms with Gasteiger partial charge in [-0.1, -0.05) is 44.2 Å². The fraction of sp³-hybridized carbons (Fsp3) is 0.312. The summed E-state index contributed by atoms with van der Waals surface area (Å²) in [5.41, 5.74) is 0.458. The van der Waals surface area contributed by atoms with Crippen LogP contribution in [0.15, 0.2) is 36.4 Å². The van der Waals surface area contributed by atoms with E-state index in [1.54, 1.807) is 6.07 Å². The van der Waals surface area contributed by atoms with E-state index in [0.717, 1.165) is 16.3 Å². The van der Waals surface area contributed by atoms with Gasteiger partial charge in [0.15, 0.2) is 0 Å². The number of carbonyl (C=O) groups is 1. The van der Waals surface area contributed by atoms with Crippen molar-refractivity contribution in [3.05, 3.63) is 42.0 Å². The zero-order valence-corrected chi connectivity index (χ0v) is 12.7. The fourth-order valence-electron chi connectivity index (χ4n) is 2.74. The van der Waals surface area contributed by atoms with E-state index in [2.05, 4.69) is 5.32 Å². The summed E-state index contributed by atoms with van der Waals surface area (Å²) < 4.78 is 5.07. The maximum atomic E-state index is 11.6. The smallest absolute Gasteiger partial charge is 0.407 e. The molecule has 2 N–H and O–H groups in total. The van der Waals surface area contributed by atoms with Gasteiger partial charge in [-0.25, -0.2) is 4.79 Å². The van der Waals surface area contributed by atoms with Gasteiger partial charge in [-0.05, 0) is 16.8 Å². The predicted octanol–water partition coefficient (Wildman–Crippen LogP) is 3.77. The number of phenols is 1. The van der Waals surface area contributed by atoms with Crippen LogP contribution in [-0.4, -0.2) is 17.8 Å². The number of cyclic esters (lactones) is 1. The molecule has 1 aliphatic rings. The molecule has 0 unspecified atom stereocenters. The third kappa shape index (κ3) is 2.63. The average molecular weight is 308 g/mol. The number of halogens is 1. The average Bonchev–Trinajstić information content (AvgIpc) is 2.42. The minimum absolute atomic E-state index is 0. The number of hydrogen-bond donors (Lipinski definition) is 2. The lowest BCUT2D eigenvalue weighted by Crippen LogP contribution is -2.47. The van der Waals surface area contributed by atoms with Gasteiger partial charge in [0.05, 0.1) is 6.04 Å². The Bertz CT molecular complexity index is 684. The number of amides is 1. The van der Waals surface area contributed by atoms with Crippen LogP contribution in [0.5, 0.6) is 5.75 Å². The van der Waals surface area contributed by atoms with Crippen LogP contribution in [0.25, 0.3) is 10.8 Å². The molecule has 1 heterocycles. The zero-order chi connectivity index (χ0) is 14.3. The molecule has 0 aromatic heterocycles. The van der Waals surface area contributed by atoms with Crippen molar-refractivity contribution in [2.24, 2.45) is 5.41 Å². The second-order valence-corrected chi connectivity index (χ2v) is 5.86. The highest BCUT2D eigenvalue weighted by atomic mass is 35.5. The van der Waals surface area contributed by atoms with Gasteiger partial charge in [0.25, 0.3) is 0 Å². The van der Waals surface area contributed by atoms with Crippen molar-refractivity contribution in [2.45, 2.75) is 19.9 Å². The molecule has 1 amide bonds. The van der Waals surface area contributed by atoms with Gasteiger partial charge in [-0.2, -0.15) is 0 Å². The molecule has 0 aliphatic carbocycles. The molecular weight excluding hydrogens is 290 g/mol. The number of phenolic OH excluding ortho intramolecular Hbond substituents is 1. The number of carbonyl (C=O) groups excluding carboxylic acids is 1. The molecule has 1 atom stereocenters. The minimum Gasteiger partial charge on any atom is -0.508 e. The second kappa shape index (κ2) is 5.45. The molecule has 5 heteroatoms. The van der Waals surface area contributed by atoms with E-state index in [4.69, 9.17) is 4.74 Å². The summed E-state index contributed by atoms with van der Waals surface area (Å²) in [5, 5.41) is 15.1. The largest absolute Gasteiger partial charge is 0.508 e. The number of nitrogens with one attached hydrogen (secondary N) is 1. The number of hydrogen-bond acceptors (Lipinski definition) is 3. The Kier molecular flexibility index (Phi) is 4.01. The highest BCUT2D eigenvalue weighted by Gasteiger charge is 2.39. The molecule has 1 fully saturated rings. The molecule has 0 bridgehead atoms. The molecule has 3 rings (SSSR count). The third-order valence-electron chi connectivity index (χ3n) is 3.86. The predicted molar refractivity (Wildman–Crippen MR) is 83.9 cm³/mol. The van der Waals surface area contributed by atoms with E-state index in [1.165, 1.54) is 0 Å². The Hall–Kier alpha value is -1.94. The summed E-state index contributed by atoms with van der Waals surface area (Å²) in [4.78, 5) is 11.6. The van der Waals surface area contributed by atoms with E-state index >= 15 is 0 Å². The van der Waals surface area contributed by atoms with Crippen molar-refractivity contribution in [1.82, 2.24) is 5.32 Å². The quantitative estimate of drug-likeness (QED) is 0.843. The minimum atomic E-state index is -0.443. The van der Waals surface area contributed by atoms with Crippen LogP contribution in [0.1, 0.15) is 25.5 Å². The lowest BCUT2D eigenvalue weighted by molar-refractivity contribution is 0.0385. The Morgan fingerprint density at radius 2 is 1.95 bits per heavy atom. The lowest BCUT2D eigenvalue weighted by atomic mass is 9.78. The molecule has 0 radical (unpaired) electrons. The zero-order valence-electron chi connectivity index (χ0n) is 11.9. The van der Waals surface area contributed by atoms with E-state index < -0.39 is 6.09 Å². The second-order valence-electron chi connectivity index (χ2n) is 5.86. The number of alkyl carbamates (subject to hydrolysis) is 1. The van der Waals surface area contributed by atoms with Crippen LogP contribution >= 0.6 is 12.4 Å². The molecule has 2 aromatic rings. The van der Waals surface area contributed by atoms with E-state index in [9.17, 15) is 9.90 Å². The van der Waals surface area contributed by atoms with E-state index in [-0.39, 0.29) is 29.6 Å². The maximum absolute atomic E-state index is 11.6. The summed E-state index contributed by atoms with van der Waals surface area (Å²) in [7, 11) is 0. The summed E-state index contributed by atoms with van der Waals surface area (Å²) >= 11 is 0. The normalized spacial score (nSPS) is 20.3. The number of benzene rings is 2. The summed E-state index contributed by atoms with van der Waals surface area (Å²) in [6.45, 7) is 4.35. The van der Waals surface area contributed by atoms with Gasteiger partial charge in [0.1, 0.15) is 12.4 Å². The standard InChI is InChI=1S/C16H17NO3.ClH/c1-16(2)9-20-15(19)17-14(16)13-11-6-4-3-5-10(11)7-8-12(13)18;/h3-8,14,18H,9H2,1-2H3,(H,17,19);1H/t14-;/m0./s1. The molecule has 21 heavy (non-hydrogen) atoms. The van der Waals surface area contributed by atoms with Crippen LogP contribution in [0.3, 0.4) is 0 Å². The summed E-state index contributed by atoms with van der Waals surface area (Å²) in [6.07, 6.45) is -0.443. The molecule has 1 aliphatic heterocycles. The van der Waals surface area contributed by atoms with Gasteiger partial charge in [-0.15, -0.1) is 12.4 Å². The fourth-order valence-corrected chi connectivity index (χ4v) is 2.74. The Labute approximate surface area is 129 Å². The van der Waals surface area contributed by atoms with E-state index in [1.807, 2.05) is 44.2 Å². The number of ether oxygens (including phenoxy) is 1. The van der Waals surface area contributed by atoms with Gasteiger partial charge >= 0.3 is 6.09 Å². The van der Waals surface area contributed by atoms with Crippen LogP contribution in [0, 0.1) is 5.41 Å². The van der Waals surface area contributed by atoms with Crippen LogP contribution in [0.4, 0.5) is 4.79 Å². The SMILES string of the molecule is CC1(C)COC(=O)N[C@H]1c1c(O)ccc2ccccc12.Cl. The Morgan fingerprint density at radius 3 is 2.71 bits per heavy atom. The van der Waals surface area contributed by atoms with Crippen molar-refractivity contribution < 1.29 is 14.6 Å². The summed E-state index contributed by atoms with van der Waals surface area (Å²) in [5.74, 6) is 0.198. The Morgan fingerprint density at radius 1 is 1.24 bits per heavy atom. The van der Waals surface area contributed by atoms with Crippen LogP contribution < -0.4 is 5.32 Å².